The number of hydrogen-bond donors (Lipinski definition) is 9. The number of rotatable bonds is 12. The van der Waals surface area contributed by atoms with Gasteiger partial charge in [0.1, 0.15) is 46.1 Å². The number of nitrogen functional groups attached to an aromatic ring is 1. The van der Waals surface area contributed by atoms with Gasteiger partial charge in [-0.05, 0) is 68.5 Å². The van der Waals surface area contributed by atoms with Crippen LogP contribution in [-0.2, 0) is 16.0 Å². The number of fused-ring (bicyclic) bond motifs is 1. The Labute approximate surface area is 303 Å². The Balaban J connectivity index is 1.18. The van der Waals surface area contributed by atoms with Gasteiger partial charge in [-0.3, -0.25) is 4.79 Å². The molecule has 16 heteroatoms. The molecule has 6 unspecified atom stereocenters. The molecule has 4 aromatic rings. The summed E-state index contributed by atoms with van der Waals surface area (Å²) < 4.78 is 29.9. The van der Waals surface area contributed by atoms with Crippen LogP contribution in [0.15, 0.2) is 57.7 Å². The van der Waals surface area contributed by atoms with Gasteiger partial charge in [-0.1, -0.05) is 6.42 Å². The Bertz CT molecular complexity index is 1970. The molecule has 1 aliphatic carbocycles. The molecule has 4 heterocycles. The van der Waals surface area contributed by atoms with Crippen molar-refractivity contribution >= 4 is 22.8 Å². The molecule has 2 saturated heterocycles. The predicted octanol–water partition coefficient (Wildman–Crippen LogP) is 1.96. The van der Waals surface area contributed by atoms with Gasteiger partial charge in [0.25, 0.3) is 0 Å². The number of aliphatic carboxylic acids is 1. The smallest absolute Gasteiger partial charge is 0.336 e. The van der Waals surface area contributed by atoms with Gasteiger partial charge in [0, 0.05) is 49.1 Å². The Morgan fingerprint density at radius 1 is 1.04 bits per heavy atom. The third-order valence-electron chi connectivity index (χ3n) is 10.1. The lowest BCUT2D eigenvalue weighted by Crippen LogP contribution is -2.70. The summed E-state index contributed by atoms with van der Waals surface area (Å²) in [6, 6.07) is 12.7. The van der Waals surface area contributed by atoms with Gasteiger partial charge in [-0.2, -0.15) is 0 Å². The maximum atomic E-state index is 13.6. The number of phenolic OH excluding ortho intramolecular Hbond substituents is 1. The van der Waals surface area contributed by atoms with Crippen LogP contribution in [0.5, 0.6) is 23.0 Å². The van der Waals surface area contributed by atoms with E-state index in [1.165, 1.54) is 12.1 Å². The number of aromatic hydroxyl groups is 1. The SMILES string of the molecule is Nc1ccc(CCOc2ccc(-c3cc(=O)c4c(O)c(OC5CCCCC5)c(OC5OC(C(=O)O)C(O)(CC6CNCN6)C(O)C5O)cc4o3)cc2)[nH]1. The van der Waals surface area contributed by atoms with Crippen molar-refractivity contribution in [2.24, 2.45) is 0 Å². The average molecular weight is 737 g/mol. The van der Waals surface area contributed by atoms with E-state index in [0.717, 1.165) is 25.0 Å². The first-order valence-corrected chi connectivity index (χ1v) is 17.7. The summed E-state index contributed by atoms with van der Waals surface area (Å²) in [5.74, 6) is -1.30. The van der Waals surface area contributed by atoms with Crippen LogP contribution in [0.1, 0.15) is 44.2 Å². The number of ether oxygens (including phenoxy) is 4. The number of carboxylic acid groups (broad SMARTS) is 1. The average Bonchev–Trinajstić information content (AvgIpc) is 3.81. The molecule has 284 valence electrons. The van der Waals surface area contributed by atoms with Crippen LogP contribution >= 0.6 is 0 Å². The Kier molecular flexibility index (Phi) is 10.5. The van der Waals surface area contributed by atoms with E-state index in [1.54, 1.807) is 30.3 Å². The van der Waals surface area contributed by atoms with Crippen LogP contribution in [0, 0.1) is 0 Å². The molecule has 7 rings (SSSR count). The number of phenols is 1. The van der Waals surface area contributed by atoms with Crippen LogP contribution in [0.3, 0.4) is 0 Å². The monoisotopic (exact) mass is 736 g/mol. The topological polar surface area (TPSA) is 251 Å². The number of carboxylic acids is 1. The predicted molar refractivity (Wildman–Crippen MR) is 190 cm³/mol. The third-order valence-corrected chi connectivity index (χ3v) is 10.1. The summed E-state index contributed by atoms with van der Waals surface area (Å²) in [6.45, 7) is 1.21. The second kappa shape index (κ2) is 15.3. The fourth-order valence-corrected chi connectivity index (χ4v) is 7.28. The molecule has 0 spiro atoms. The summed E-state index contributed by atoms with van der Waals surface area (Å²) in [4.78, 5) is 29.0. The van der Waals surface area contributed by atoms with Crippen molar-refractivity contribution < 1.29 is 53.7 Å². The van der Waals surface area contributed by atoms with Crippen LogP contribution in [0.25, 0.3) is 22.3 Å². The number of benzene rings is 2. The minimum atomic E-state index is -2.39. The number of aliphatic hydroxyl groups is 3. The van der Waals surface area contributed by atoms with Gasteiger partial charge in [0.2, 0.25) is 12.0 Å². The molecule has 0 radical (unpaired) electrons. The largest absolute Gasteiger partial charge is 0.504 e. The van der Waals surface area contributed by atoms with Crippen LogP contribution in [0.4, 0.5) is 5.82 Å². The molecule has 2 aliphatic heterocycles. The second-order valence-corrected chi connectivity index (χ2v) is 13.8. The first kappa shape index (κ1) is 36.5. The second-order valence-electron chi connectivity index (χ2n) is 13.8. The van der Waals surface area contributed by atoms with Crippen LogP contribution in [0.2, 0.25) is 0 Å². The number of H-pyrrole nitrogens is 1. The fourth-order valence-electron chi connectivity index (χ4n) is 7.28. The molecule has 53 heavy (non-hydrogen) atoms. The number of hydrogen-bond acceptors (Lipinski definition) is 14. The summed E-state index contributed by atoms with van der Waals surface area (Å²) >= 11 is 0. The summed E-state index contributed by atoms with van der Waals surface area (Å²) in [5, 5.41) is 61.3. The van der Waals surface area contributed by atoms with Crippen LogP contribution < -0.4 is 36.0 Å². The lowest BCUT2D eigenvalue weighted by Gasteiger charge is -2.47. The molecule has 0 amide bonds. The van der Waals surface area contributed by atoms with Crippen molar-refractivity contribution in [3.8, 4) is 34.3 Å². The molecule has 0 bridgehead atoms. The highest BCUT2D eigenvalue weighted by Gasteiger charge is 2.59. The highest BCUT2D eigenvalue weighted by molar-refractivity contribution is 5.89. The number of nitrogens with one attached hydrogen (secondary N) is 3. The summed E-state index contributed by atoms with van der Waals surface area (Å²) in [7, 11) is 0. The van der Waals surface area contributed by atoms with Crippen molar-refractivity contribution in [2.45, 2.75) is 87.3 Å². The van der Waals surface area contributed by atoms with E-state index in [0.29, 0.717) is 56.2 Å². The van der Waals surface area contributed by atoms with E-state index in [9.17, 15) is 35.1 Å². The highest BCUT2D eigenvalue weighted by Crippen LogP contribution is 2.46. The number of aliphatic hydroxyl groups excluding tert-OH is 2. The van der Waals surface area contributed by atoms with E-state index in [-0.39, 0.29) is 40.8 Å². The number of aromatic nitrogens is 1. The van der Waals surface area contributed by atoms with E-state index < -0.39 is 53.4 Å². The third kappa shape index (κ3) is 7.65. The zero-order valence-corrected chi connectivity index (χ0v) is 28.8. The fraction of sp³-hybridized carbons (Fsp3) is 0.459. The summed E-state index contributed by atoms with van der Waals surface area (Å²) in [6.07, 6.45) is -3.65. The zero-order chi connectivity index (χ0) is 37.3. The maximum absolute atomic E-state index is 13.6. The summed E-state index contributed by atoms with van der Waals surface area (Å²) in [5.41, 5.74) is 4.14. The quantitative estimate of drug-likeness (QED) is 0.101. The Morgan fingerprint density at radius 3 is 2.49 bits per heavy atom. The lowest BCUT2D eigenvalue weighted by atomic mass is 9.79. The van der Waals surface area contributed by atoms with E-state index >= 15 is 0 Å². The number of nitrogens with two attached hydrogens (primary N) is 1. The minimum absolute atomic E-state index is 0.0986. The standard InChI is InChI=1S/C37H44N4O12/c38-28-11-8-20(41-28)12-13-49-22-9-6-19(7-10-22)25-14-24(42)29-26(51-25)15-27(32(30(29)43)50-23-4-2-1-3-5-23)52-36-31(44)33(45)37(48,34(53-36)35(46)47)16-21-17-39-18-40-21/h6-11,14-15,21,23,31,33-34,36,39-41,43-45,48H,1-5,12-13,16-18,38H2,(H,46,47). The molecule has 3 fully saturated rings. The molecule has 2 aromatic carbocycles. The zero-order valence-electron chi connectivity index (χ0n) is 28.8. The van der Waals surface area contributed by atoms with E-state index in [4.69, 9.17) is 29.1 Å². The minimum Gasteiger partial charge on any atom is -0.504 e. The molecule has 10 N–H and O–H groups in total. The molecular weight excluding hydrogens is 692 g/mol. The van der Waals surface area contributed by atoms with Crippen molar-refractivity contribution in [3.63, 3.8) is 0 Å². The van der Waals surface area contributed by atoms with Gasteiger partial charge >= 0.3 is 5.97 Å². The molecule has 2 aromatic heterocycles. The maximum Gasteiger partial charge on any atom is 0.336 e. The van der Waals surface area contributed by atoms with Crippen molar-refractivity contribution in [1.29, 1.82) is 0 Å². The number of anilines is 1. The van der Waals surface area contributed by atoms with Crippen molar-refractivity contribution in [3.05, 3.63) is 64.4 Å². The number of carbonyl (C=O) groups is 1. The molecule has 6 atom stereocenters. The number of aromatic amines is 1. The molecular formula is C37H44N4O12. The van der Waals surface area contributed by atoms with Gasteiger partial charge < -0.3 is 70.2 Å². The van der Waals surface area contributed by atoms with Gasteiger partial charge in [0.05, 0.1) is 12.7 Å². The van der Waals surface area contributed by atoms with Crippen molar-refractivity contribution in [2.75, 3.05) is 25.6 Å². The van der Waals surface area contributed by atoms with Gasteiger partial charge in [-0.15, -0.1) is 0 Å². The molecule has 16 nitrogen and oxygen atoms in total. The van der Waals surface area contributed by atoms with Crippen molar-refractivity contribution in [1.82, 2.24) is 15.6 Å². The molecule has 1 saturated carbocycles. The van der Waals surface area contributed by atoms with E-state index in [2.05, 4.69) is 15.6 Å². The highest BCUT2D eigenvalue weighted by atomic mass is 16.7. The van der Waals surface area contributed by atoms with Gasteiger partial charge in [0.15, 0.2) is 23.0 Å². The normalized spacial score (nSPS) is 26.4. The Hall–Kier alpha value is -4.84. The lowest BCUT2D eigenvalue weighted by molar-refractivity contribution is -0.307. The van der Waals surface area contributed by atoms with Crippen LogP contribution in [-0.4, -0.2) is 98.7 Å². The first-order chi connectivity index (χ1) is 25.5. The van der Waals surface area contributed by atoms with E-state index in [1.807, 2.05) is 6.07 Å². The first-order valence-electron chi connectivity index (χ1n) is 17.7. The molecule has 3 aliphatic rings. The Morgan fingerprint density at radius 2 is 1.81 bits per heavy atom. The van der Waals surface area contributed by atoms with Gasteiger partial charge in [-0.25, -0.2) is 4.79 Å².